The van der Waals surface area contributed by atoms with Gasteiger partial charge in [-0.1, -0.05) is 12.1 Å². The van der Waals surface area contributed by atoms with Crippen molar-refractivity contribution < 1.29 is 17.9 Å². The Morgan fingerprint density at radius 1 is 1.26 bits per heavy atom. The average Bonchev–Trinajstić information content (AvgIpc) is 3.15. The maximum atomic E-state index is 12.9. The Morgan fingerprint density at radius 2 is 2.04 bits per heavy atom. The third kappa shape index (κ3) is 5.35. The van der Waals surface area contributed by atoms with E-state index < -0.39 is 11.7 Å². The Labute approximate surface area is 158 Å². The van der Waals surface area contributed by atoms with Crippen LogP contribution in [0.5, 0.6) is 0 Å². The number of aliphatic imine (C=N–C) groups is 1. The summed E-state index contributed by atoms with van der Waals surface area (Å²) in [6, 6.07) is 5.86. The zero-order valence-corrected chi connectivity index (χ0v) is 15.6. The van der Waals surface area contributed by atoms with Crippen molar-refractivity contribution in [3.63, 3.8) is 0 Å². The summed E-state index contributed by atoms with van der Waals surface area (Å²) in [5.74, 6) is 0.769. The summed E-state index contributed by atoms with van der Waals surface area (Å²) in [5, 5.41) is 3.27. The van der Waals surface area contributed by atoms with Crippen molar-refractivity contribution >= 4 is 5.96 Å². The second-order valence-corrected chi connectivity index (χ2v) is 6.91. The van der Waals surface area contributed by atoms with Gasteiger partial charge in [-0.3, -0.25) is 4.90 Å². The largest absolute Gasteiger partial charge is 0.416 e. The van der Waals surface area contributed by atoms with E-state index in [4.69, 9.17) is 4.74 Å². The Balaban J connectivity index is 1.65. The highest BCUT2D eigenvalue weighted by Crippen LogP contribution is 2.29. The lowest BCUT2D eigenvalue weighted by Gasteiger charge is -2.32. The second-order valence-electron chi connectivity index (χ2n) is 6.91. The summed E-state index contributed by atoms with van der Waals surface area (Å²) >= 11 is 0. The molecule has 0 spiro atoms. The molecule has 5 nitrogen and oxygen atoms in total. The SMILES string of the molecule is CCNC(=NCc1cccc(C(F)(F)F)c1)N1CCC(N2CCOCC2)C1. The molecular formula is C19H27F3N4O. The van der Waals surface area contributed by atoms with Crippen molar-refractivity contribution in [2.45, 2.75) is 32.1 Å². The molecule has 1 atom stereocenters. The summed E-state index contributed by atoms with van der Waals surface area (Å²) in [4.78, 5) is 9.25. The third-order valence-electron chi connectivity index (χ3n) is 5.03. The van der Waals surface area contributed by atoms with E-state index in [-0.39, 0.29) is 6.54 Å². The minimum atomic E-state index is -4.33. The van der Waals surface area contributed by atoms with E-state index in [0.717, 1.165) is 64.4 Å². The lowest BCUT2D eigenvalue weighted by atomic mass is 10.1. The molecule has 2 fully saturated rings. The number of likely N-dealkylation sites (tertiary alicyclic amines) is 1. The van der Waals surface area contributed by atoms with Crippen LogP contribution in [0.4, 0.5) is 13.2 Å². The first-order valence-electron chi connectivity index (χ1n) is 9.48. The summed E-state index contributed by atoms with van der Waals surface area (Å²) in [6.07, 6.45) is -3.27. The van der Waals surface area contributed by atoms with Crippen LogP contribution in [-0.2, 0) is 17.5 Å². The van der Waals surface area contributed by atoms with Crippen LogP contribution in [-0.4, -0.2) is 67.7 Å². The monoisotopic (exact) mass is 384 g/mol. The van der Waals surface area contributed by atoms with Gasteiger partial charge in [-0.2, -0.15) is 13.2 Å². The summed E-state index contributed by atoms with van der Waals surface area (Å²) < 4.78 is 44.1. The van der Waals surface area contributed by atoms with Gasteiger partial charge in [-0.25, -0.2) is 4.99 Å². The van der Waals surface area contributed by atoms with Gasteiger partial charge in [0, 0.05) is 38.8 Å². The quantitative estimate of drug-likeness (QED) is 0.640. The predicted molar refractivity (Wildman–Crippen MR) is 98.6 cm³/mol. The molecule has 1 unspecified atom stereocenters. The highest BCUT2D eigenvalue weighted by Gasteiger charge is 2.31. The van der Waals surface area contributed by atoms with Crippen LogP contribution in [0.3, 0.4) is 0 Å². The van der Waals surface area contributed by atoms with Gasteiger partial charge in [0.05, 0.1) is 25.3 Å². The number of rotatable bonds is 4. The van der Waals surface area contributed by atoms with Crippen LogP contribution in [0.1, 0.15) is 24.5 Å². The van der Waals surface area contributed by atoms with Crippen molar-refractivity contribution in [3.05, 3.63) is 35.4 Å². The van der Waals surface area contributed by atoms with Crippen molar-refractivity contribution in [1.82, 2.24) is 15.1 Å². The molecule has 0 aromatic heterocycles. The molecule has 1 N–H and O–H groups in total. The first-order valence-corrected chi connectivity index (χ1v) is 9.48. The van der Waals surface area contributed by atoms with Crippen molar-refractivity contribution in [2.75, 3.05) is 45.9 Å². The number of hydrogen-bond acceptors (Lipinski definition) is 3. The van der Waals surface area contributed by atoms with Gasteiger partial charge in [0.1, 0.15) is 0 Å². The smallest absolute Gasteiger partial charge is 0.379 e. The van der Waals surface area contributed by atoms with E-state index in [0.29, 0.717) is 11.6 Å². The molecule has 2 heterocycles. The first-order chi connectivity index (χ1) is 13.0. The minimum Gasteiger partial charge on any atom is -0.379 e. The molecule has 2 saturated heterocycles. The van der Waals surface area contributed by atoms with Crippen LogP contribution in [0.25, 0.3) is 0 Å². The first kappa shape index (κ1) is 19.9. The number of nitrogens with zero attached hydrogens (tertiary/aromatic N) is 3. The van der Waals surface area contributed by atoms with Gasteiger partial charge in [-0.05, 0) is 31.0 Å². The molecule has 27 heavy (non-hydrogen) atoms. The van der Waals surface area contributed by atoms with Crippen LogP contribution in [0.15, 0.2) is 29.3 Å². The molecule has 150 valence electrons. The Morgan fingerprint density at radius 3 is 2.74 bits per heavy atom. The molecule has 8 heteroatoms. The molecule has 0 saturated carbocycles. The molecule has 0 aliphatic carbocycles. The molecule has 2 aliphatic rings. The number of alkyl halides is 3. The fourth-order valence-corrected chi connectivity index (χ4v) is 3.61. The lowest BCUT2D eigenvalue weighted by molar-refractivity contribution is -0.137. The lowest BCUT2D eigenvalue weighted by Crippen LogP contribution is -2.46. The topological polar surface area (TPSA) is 40.1 Å². The predicted octanol–water partition coefficient (Wildman–Crippen LogP) is 2.58. The van der Waals surface area contributed by atoms with Crippen LogP contribution in [0.2, 0.25) is 0 Å². The average molecular weight is 384 g/mol. The Hall–Kier alpha value is -1.80. The molecule has 1 aromatic carbocycles. The zero-order chi connectivity index (χ0) is 19.3. The number of halogens is 3. The van der Waals surface area contributed by atoms with Gasteiger partial charge >= 0.3 is 6.18 Å². The molecule has 0 radical (unpaired) electrons. The normalized spacial score (nSPS) is 22.3. The second kappa shape index (κ2) is 8.93. The summed E-state index contributed by atoms with van der Waals surface area (Å²) in [7, 11) is 0. The number of nitrogens with one attached hydrogen (secondary N) is 1. The number of hydrogen-bond donors (Lipinski definition) is 1. The van der Waals surface area contributed by atoms with E-state index in [1.165, 1.54) is 12.1 Å². The molecule has 0 amide bonds. The number of guanidine groups is 1. The fourth-order valence-electron chi connectivity index (χ4n) is 3.61. The minimum absolute atomic E-state index is 0.227. The number of ether oxygens (including phenoxy) is 1. The van der Waals surface area contributed by atoms with Gasteiger partial charge in [-0.15, -0.1) is 0 Å². The Bertz CT molecular complexity index is 644. The number of benzene rings is 1. The standard InChI is InChI=1S/C19H27F3N4O/c1-2-23-18(24-13-15-4-3-5-16(12-15)19(20,21)22)26-7-6-17(14-26)25-8-10-27-11-9-25/h3-5,12,17H,2,6-11,13-14H2,1H3,(H,23,24). The maximum Gasteiger partial charge on any atom is 0.416 e. The van der Waals surface area contributed by atoms with Crippen LogP contribution < -0.4 is 5.32 Å². The molecule has 2 aliphatic heterocycles. The summed E-state index contributed by atoms with van der Waals surface area (Å²) in [5.41, 5.74) is -0.0714. The fraction of sp³-hybridized carbons (Fsp3) is 0.632. The molecule has 1 aromatic rings. The molecule has 0 bridgehead atoms. The zero-order valence-electron chi connectivity index (χ0n) is 15.6. The van der Waals surface area contributed by atoms with Gasteiger partial charge < -0.3 is 15.0 Å². The van der Waals surface area contributed by atoms with Crippen molar-refractivity contribution in [3.8, 4) is 0 Å². The third-order valence-corrected chi connectivity index (χ3v) is 5.03. The van der Waals surface area contributed by atoms with E-state index in [1.807, 2.05) is 6.92 Å². The maximum absolute atomic E-state index is 12.9. The van der Waals surface area contributed by atoms with Gasteiger partial charge in [0.25, 0.3) is 0 Å². The van der Waals surface area contributed by atoms with E-state index in [2.05, 4.69) is 20.1 Å². The van der Waals surface area contributed by atoms with Gasteiger partial charge in [0.15, 0.2) is 5.96 Å². The Kier molecular flexibility index (Phi) is 6.59. The highest BCUT2D eigenvalue weighted by molar-refractivity contribution is 5.80. The summed E-state index contributed by atoms with van der Waals surface area (Å²) in [6.45, 7) is 8.19. The molecule has 3 rings (SSSR count). The van der Waals surface area contributed by atoms with E-state index in [9.17, 15) is 13.2 Å². The van der Waals surface area contributed by atoms with Crippen LogP contribution >= 0.6 is 0 Å². The van der Waals surface area contributed by atoms with E-state index >= 15 is 0 Å². The van der Waals surface area contributed by atoms with E-state index in [1.54, 1.807) is 6.07 Å². The van der Waals surface area contributed by atoms with Crippen molar-refractivity contribution in [1.29, 1.82) is 0 Å². The number of morpholine rings is 1. The van der Waals surface area contributed by atoms with Crippen LogP contribution in [0, 0.1) is 0 Å². The van der Waals surface area contributed by atoms with Gasteiger partial charge in [0.2, 0.25) is 0 Å². The highest BCUT2D eigenvalue weighted by atomic mass is 19.4. The van der Waals surface area contributed by atoms with Crippen molar-refractivity contribution in [2.24, 2.45) is 4.99 Å². The molecular weight excluding hydrogens is 357 g/mol.